The molecule has 0 N–H and O–H groups in total. The molecule has 1 saturated heterocycles. The highest BCUT2D eigenvalue weighted by atomic mass is 16.2. The van der Waals surface area contributed by atoms with Crippen LogP contribution in [0.3, 0.4) is 0 Å². The molecule has 0 radical (unpaired) electrons. The molecule has 2 atom stereocenters. The number of carbonyl (C=O) groups is 1. The predicted octanol–water partition coefficient (Wildman–Crippen LogP) is 4.07. The zero-order valence-electron chi connectivity index (χ0n) is 12.6. The van der Waals surface area contributed by atoms with Crippen LogP contribution >= 0.6 is 0 Å². The van der Waals surface area contributed by atoms with Crippen molar-refractivity contribution in [1.82, 2.24) is 4.90 Å². The summed E-state index contributed by atoms with van der Waals surface area (Å²) in [4.78, 5) is 14.7. The molecule has 0 spiro atoms. The van der Waals surface area contributed by atoms with Gasteiger partial charge in [0.25, 0.3) is 5.91 Å². The van der Waals surface area contributed by atoms with Crippen LogP contribution in [-0.2, 0) is 0 Å². The van der Waals surface area contributed by atoms with Crippen LogP contribution in [0.4, 0.5) is 0 Å². The van der Waals surface area contributed by atoms with E-state index < -0.39 is 0 Å². The Bertz CT molecular complexity index is 463. The van der Waals surface area contributed by atoms with Crippen LogP contribution in [0.5, 0.6) is 0 Å². The highest BCUT2D eigenvalue weighted by molar-refractivity contribution is 5.94. The summed E-state index contributed by atoms with van der Waals surface area (Å²) in [7, 11) is 0. The van der Waals surface area contributed by atoms with Crippen LogP contribution in [0.25, 0.3) is 0 Å². The molecule has 2 fully saturated rings. The van der Waals surface area contributed by atoms with Crippen molar-refractivity contribution in [3.8, 4) is 0 Å². The van der Waals surface area contributed by atoms with Crippen molar-refractivity contribution >= 4 is 5.91 Å². The van der Waals surface area contributed by atoms with Crippen LogP contribution in [0.2, 0.25) is 0 Å². The molecule has 20 heavy (non-hydrogen) atoms. The zero-order chi connectivity index (χ0) is 14.1. The lowest BCUT2D eigenvalue weighted by atomic mass is 9.82. The highest BCUT2D eigenvalue weighted by Crippen LogP contribution is 2.36. The molecule has 1 amide bonds. The Morgan fingerprint density at radius 1 is 1.05 bits per heavy atom. The van der Waals surface area contributed by atoms with Gasteiger partial charge in [0.15, 0.2) is 0 Å². The summed E-state index contributed by atoms with van der Waals surface area (Å²) in [5, 5.41) is 0. The third-order valence-corrected chi connectivity index (χ3v) is 5.09. The van der Waals surface area contributed by atoms with Crippen LogP contribution in [0.15, 0.2) is 24.3 Å². The predicted molar refractivity (Wildman–Crippen MR) is 81.9 cm³/mol. The maximum Gasteiger partial charge on any atom is 0.253 e. The van der Waals surface area contributed by atoms with E-state index >= 15 is 0 Å². The molecule has 1 aromatic rings. The van der Waals surface area contributed by atoms with E-state index in [1.54, 1.807) is 0 Å². The number of hydrogen-bond acceptors (Lipinski definition) is 1. The number of hydrogen-bond donors (Lipinski definition) is 0. The van der Waals surface area contributed by atoms with Gasteiger partial charge in [-0.2, -0.15) is 0 Å². The second kappa shape index (κ2) is 5.59. The zero-order valence-corrected chi connectivity index (χ0v) is 12.6. The average Bonchev–Trinajstić information content (AvgIpc) is 2.90. The first-order valence-electron chi connectivity index (χ1n) is 8.04. The van der Waals surface area contributed by atoms with Gasteiger partial charge in [-0.05, 0) is 48.3 Å². The normalized spacial score (nSPS) is 25.9. The maximum atomic E-state index is 12.6. The molecule has 1 aliphatic heterocycles. The number of nitrogens with zero attached hydrogens (tertiary/aromatic N) is 1. The van der Waals surface area contributed by atoms with Gasteiger partial charge < -0.3 is 4.90 Å². The molecule has 1 heterocycles. The Morgan fingerprint density at radius 3 is 2.10 bits per heavy atom. The fourth-order valence-electron chi connectivity index (χ4n) is 3.76. The number of likely N-dealkylation sites (tertiary alicyclic amines) is 1. The molecule has 3 rings (SSSR count). The van der Waals surface area contributed by atoms with E-state index in [0.717, 1.165) is 30.5 Å². The first kappa shape index (κ1) is 13.7. The van der Waals surface area contributed by atoms with Crippen molar-refractivity contribution in [3.63, 3.8) is 0 Å². The van der Waals surface area contributed by atoms with Crippen molar-refractivity contribution in [2.75, 3.05) is 13.1 Å². The fraction of sp³-hybridized carbons (Fsp3) is 0.611. The molecular formula is C18H25NO. The molecule has 2 nitrogen and oxygen atoms in total. The first-order valence-corrected chi connectivity index (χ1v) is 8.04. The summed E-state index contributed by atoms with van der Waals surface area (Å²) in [6.07, 6.45) is 5.35. The van der Waals surface area contributed by atoms with E-state index in [4.69, 9.17) is 0 Å². The Hall–Kier alpha value is -1.31. The van der Waals surface area contributed by atoms with Crippen molar-refractivity contribution in [1.29, 1.82) is 0 Å². The number of rotatable bonds is 2. The molecule has 2 heteroatoms. The van der Waals surface area contributed by atoms with Gasteiger partial charge in [0.1, 0.15) is 0 Å². The molecule has 1 saturated carbocycles. The van der Waals surface area contributed by atoms with Crippen molar-refractivity contribution in [3.05, 3.63) is 35.4 Å². The quantitative estimate of drug-likeness (QED) is 0.794. The van der Waals surface area contributed by atoms with Crippen LogP contribution in [0, 0.1) is 11.8 Å². The van der Waals surface area contributed by atoms with Crippen LogP contribution in [0.1, 0.15) is 61.4 Å². The van der Waals surface area contributed by atoms with E-state index in [0.29, 0.717) is 5.92 Å². The molecule has 2 aliphatic rings. The Kier molecular flexibility index (Phi) is 3.82. The van der Waals surface area contributed by atoms with E-state index in [9.17, 15) is 4.79 Å². The summed E-state index contributed by atoms with van der Waals surface area (Å²) in [5.41, 5.74) is 2.16. The minimum absolute atomic E-state index is 0.231. The minimum Gasteiger partial charge on any atom is -0.338 e. The Morgan fingerprint density at radius 2 is 1.60 bits per heavy atom. The smallest absolute Gasteiger partial charge is 0.253 e. The average molecular weight is 271 g/mol. The van der Waals surface area contributed by atoms with E-state index in [-0.39, 0.29) is 5.91 Å². The van der Waals surface area contributed by atoms with Gasteiger partial charge in [0, 0.05) is 18.7 Å². The lowest BCUT2D eigenvalue weighted by Gasteiger charge is -2.22. The van der Waals surface area contributed by atoms with E-state index in [2.05, 4.69) is 30.9 Å². The molecule has 2 unspecified atom stereocenters. The van der Waals surface area contributed by atoms with Crippen molar-refractivity contribution in [2.45, 2.75) is 45.4 Å². The topological polar surface area (TPSA) is 20.3 Å². The van der Waals surface area contributed by atoms with Gasteiger partial charge in [-0.1, -0.05) is 38.8 Å². The van der Waals surface area contributed by atoms with Crippen molar-refractivity contribution < 1.29 is 4.79 Å². The fourth-order valence-corrected chi connectivity index (χ4v) is 3.76. The van der Waals surface area contributed by atoms with E-state index in [1.807, 2.05) is 12.1 Å². The van der Waals surface area contributed by atoms with Gasteiger partial charge >= 0.3 is 0 Å². The molecule has 0 bridgehead atoms. The summed E-state index contributed by atoms with van der Waals surface area (Å²) in [5.74, 6) is 2.29. The van der Waals surface area contributed by atoms with Gasteiger partial charge in [0.05, 0.1) is 0 Å². The monoisotopic (exact) mass is 271 g/mol. The second-order valence-electron chi connectivity index (χ2n) is 6.79. The van der Waals surface area contributed by atoms with E-state index in [1.165, 1.54) is 31.2 Å². The molecule has 0 aromatic heterocycles. The Balaban J connectivity index is 1.69. The van der Waals surface area contributed by atoms with Crippen molar-refractivity contribution in [2.24, 2.45) is 11.8 Å². The standard InChI is InChI=1S/C18H25NO/c1-13(2)14-7-9-15(10-8-14)18(20)19-11-16-5-3-4-6-17(16)12-19/h7-10,13,16-17H,3-6,11-12H2,1-2H3. The Labute approximate surface area is 122 Å². The summed E-state index contributed by atoms with van der Waals surface area (Å²) >= 11 is 0. The second-order valence-corrected chi connectivity index (χ2v) is 6.79. The molecule has 108 valence electrons. The first-order chi connectivity index (χ1) is 9.65. The van der Waals surface area contributed by atoms with Crippen LogP contribution in [-0.4, -0.2) is 23.9 Å². The van der Waals surface area contributed by atoms with Gasteiger partial charge in [-0.25, -0.2) is 0 Å². The third kappa shape index (κ3) is 2.61. The van der Waals surface area contributed by atoms with Crippen LogP contribution < -0.4 is 0 Å². The largest absolute Gasteiger partial charge is 0.338 e. The lowest BCUT2D eigenvalue weighted by Crippen LogP contribution is -2.28. The number of amides is 1. The number of carbonyl (C=O) groups excluding carboxylic acids is 1. The molecule has 1 aromatic carbocycles. The van der Waals surface area contributed by atoms with Gasteiger partial charge in [-0.15, -0.1) is 0 Å². The highest BCUT2D eigenvalue weighted by Gasteiger charge is 2.36. The lowest BCUT2D eigenvalue weighted by molar-refractivity contribution is 0.0784. The molecule has 1 aliphatic carbocycles. The SMILES string of the molecule is CC(C)c1ccc(C(=O)N2CC3CCCCC3C2)cc1. The number of fused-ring (bicyclic) bond motifs is 1. The summed E-state index contributed by atoms with van der Waals surface area (Å²) in [6, 6.07) is 8.20. The maximum absolute atomic E-state index is 12.6. The van der Waals surface area contributed by atoms with Gasteiger partial charge in [0.2, 0.25) is 0 Å². The van der Waals surface area contributed by atoms with Gasteiger partial charge in [-0.3, -0.25) is 4.79 Å². The minimum atomic E-state index is 0.231. The number of benzene rings is 1. The summed E-state index contributed by atoms with van der Waals surface area (Å²) < 4.78 is 0. The molecular weight excluding hydrogens is 246 g/mol. The summed E-state index contributed by atoms with van der Waals surface area (Å²) in [6.45, 7) is 6.33. The third-order valence-electron chi connectivity index (χ3n) is 5.09.